The first kappa shape index (κ1) is 15.9. The Labute approximate surface area is 137 Å². The second-order valence-corrected chi connectivity index (χ2v) is 6.79. The Morgan fingerprint density at radius 2 is 2.17 bits per heavy atom. The maximum Gasteiger partial charge on any atom is 0.409 e. The largest absolute Gasteiger partial charge is 0.453 e. The van der Waals surface area contributed by atoms with Crippen LogP contribution < -0.4 is 0 Å². The molecule has 1 amide bonds. The van der Waals surface area contributed by atoms with Crippen molar-refractivity contribution >= 4 is 6.09 Å². The SMILES string of the molecule is COC(=O)N1CC2CCC(O)(C#Cc3cccc(C)c3)CC2C1. The number of benzene rings is 1. The standard InChI is InChI=1S/C19H23NO3/c1-14-4-3-5-15(10-14)6-8-19(22)9-7-16-12-20(18(21)23-2)13-17(16)11-19/h3-5,10,16-17,22H,7,9,11-13H2,1-2H3. The van der Waals surface area contributed by atoms with Gasteiger partial charge in [0, 0.05) is 18.7 Å². The minimum Gasteiger partial charge on any atom is -0.453 e. The zero-order chi connectivity index (χ0) is 16.4. The van der Waals surface area contributed by atoms with Crippen LogP contribution in [0.25, 0.3) is 0 Å². The van der Waals surface area contributed by atoms with E-state index in [0.717, 1.165) is 24.1 Å². The van der Waals surface area contributed by atoms with Crippen LogP contribution in [0.4, 0.5) is 4.79 Å². The van der Waals surface area contributed by atoms with Gasteiger partial charge in [0.25, 0.3) is 0 Å². The number of ether oxygens (including phenoxy) is 1. The molecule has 0 spiro atoms. The summed E-state index contributed by atoms with van der Waals surface area (Å²) in [6, 6.07) is 8.00. The molecule has 1 saturated heterocycles. The molecule has 1 aromatic rings. The lowest BCUT2D eigenvalue weighted by Crippen LogP contribution is -2.37. The Balaban J connectivity index is 1.70. The Hall–Kier alpha value is -1.99. The highest BCUT2D eigenvalue weighted by Gasteiger charge is 2.44. The molecule has 0 bridgehead atoms. The summed E-state index contributed by atoms with van der Waals surface area (Å²) in [5.74, 6) is 6.96. The van der Waals surface area contributed by atoms with Crippen LogP contribution in [0.15, 0.2) is 24.3 Å². The van der Waals surface area contributed by atoms with Crippen LogP contribution in [0, 0.1) is 30.6 Å². The molecule has 4 nitrogen and oxygen atoms in total. The highest BCUT2D eigenvalue weighted by molar-refractivity contribution is 5.67. The predicted octanol–water partition coefficient (Wildman–Crippen LogP) is 2.58. The van der Waals surface area contributed by atoms with Crippen LogP contribution in [0.5, 0.6) is 0 Å². The second kappa shape index (κ2) is 6.25. The molecule has 1 aliphatic heterocycles. The van der Waals surface area contributed by atoms with Gasteiger partial charge in [0.05, 0.1) is 7.11 Å². The number of methoxy groups -OCH3 is 1. The topological polar surface area (TPSA) is 49.8 Å². The summed E-state index contributed by atoms with van der Waals surface area (Å²) in [5.41, 5.74) is 1.15. The van der Waals surface area contributed by atoms with Gasteiger partial charge < -0.3 is 14.7 Å². The lowest BCUT2D eigenvalue weighted by atomic mass is 9.73. The molecular weight excluding hydrogens is 290 g/mol. The quantitative estimate of drug-likeness (QED) is 0.749. The first-order valence-corrected chi connectivity index (χ1v) is 8.14. The van der Waals surface area contributed by atoms with Gasteiger partial charge in [-0.15, -0.1) is 0 Å². The predicted molar refractivity (Wildman–Crippen MR) is 87.8 cm³/mol. The average Bonchev–Trinajstić information content (AvgIpc) is 2.95. The number of carbonyl (C=O) groups is 1. The molecule has 1 aliphatic carbocycles. The molecule has 1 N–H and O–H groups in total. The molecule has 2 fully saturated rings. The van der Waals surface area contributed by atoms with Crippen molar-refractivity contribution in [1.29, 1.82) is 0 Å². The van der Waals surface area contributed by atoms with Gasteiger partial charge in [-0.1, -0.05) is 24.0 Å². The van der Waals surface area contributed by atoms with Gasteiger partial charge in [-0.25, -0.2) is 4.79 Å². The van der Waals surface area contributed by atoms with Crippen LogP contribution in [-0.2, 0) is 4.74 Å². The lowest BCUT2D eigenvalue weighted by molar-refractivity contribution is 0.0257. The van der Waals surface area contributed by atoms with Crippen molar-refractivity contribution in [2.75, 3.05) is 20.2 Å². The zero-order valence-corrected chi connectivity index (χ0v) is 13.7. The van der Waals surface area contributed by atoms with E-state index in [1.165, 1.54) is 7.11 Å². The smallest absolute Gasteiger partial charge is 0.409 e. The molecule has 3 unspecified atom stereocenters. The van der Waals surface area contributed by atoms with Crippen molar-refractivity contribution < 1.29 is 14.6 Å². The van der Waals surface area contributed by atoms with E-state index in [1.807, 2.05) is 31.2 Å². The molecular formula is C19H23NO3. The molecule has 0 radical (unpaired) electrons. The van der Waals surface area contributed by atoms with Gasteiger partial charge >= 0.3 is 6.09 Å². The molecule has 1 aromatic carbocycles. The first-order chi connectivity index (χ1) is 11.0. The third-order valence-corrected chi connectivity index (χ3v) is 5.00. The van der Waals surface area contributed by atoms with Gasteiger partial charge in [-0.05, 0) is 55.7 Å². The summed E-state index contributed by atoms with van der Waals surface area (Å²) in [7, 11) is 1.41. The number of fused-ring (bicyclic) bond motifs is 1. The lowest BCUT2D eigenvalue weighted by Gasteiger charge is -2.34. The van der Waals surface area contributed by atoms with Crippen molar-refractivity contribution in [3.8, 4) is 11.8 Å². The van der Waals surface area contributed by atoms with Crippen LogP contribution in [0.1, 0.15) is 30.4 Å². The summed E-state index contributed by atoms with van der Waals surface area (Å²) in [6.45, 7) is 3.43. The number of aliphatic hydroxyl groups is 1. The molecule has 2 aliphatic rings. The second-order valence-electron chi connectivity index (χ2n) is 6.79. The number of amides is 1. The van der Waals surface area contributed by atoms with E-state index in [2.05, 4.69) is 11.8 Å². The van der Waals surface area contributed by atoms with E-state index in [9.17, 15) is 9.90 Å². The fraction of sp³-hybridized carbons (Fsp3) is 0.526. The molecule has 122 valence electrons. The van der Waals surface area contributed by atoms with Gasteiger partial charge in [0.15, 0.2) is 0 Å². The van der Waals surface area contributed by atoms with E-state index in [0.29, 0.717) is 31.2 Å². The van der Waals surface area contributed by atoms with Crippen LogP contribution >= 0.6 is 0 Å². The van der Waals surface area contributed by atoms with Crippen LogP contribution in [0.3, 0.4) is 0 Å². The highest BCUT2D eigenvalue weighted by Crippen LogP contribution is 2.41. The van der Waals surface area contributed by atoms with E-state index in [1.54, 1.807) is 4.90 Å². The summed E-state index contributed by atoms with van der Waals surface area (Å²) < 4.78 is 4.81. The van der Waals surface area contributed by atoms with Crippen molar-refractivity contribution in [3.63, 3.8) is 0 Å². The van der Waals surface area contributed by atoms with Crippen molar-refractivity contribution in [2.45, 2.75) is 31.8 Å². The third-order valence-electron chi connectivity index (χ3n) is 5.00. The number of hydrogen-bond donors (Lipinski definition) is 1. The minimum atomic E-state index is -0.947. The molecule has 0 aromatic heterocycles. The third kappa shape index (κ3) is 3.51. The number of hydrogen-bond acceptors (Lipinski definition) is 3. The van der Waals surface area contributed by atoms with Crippen LogP contribution in [0.2, 0.25) is 0 Å². The number of carbonyl (C=O) groups excluding carboxylic acids is 1. The summed E-state index contributed by atoms with van der Waals surface area (Å²) in [5, 5.41) is 10.8. The number of rotatable bonds is 0. The Morgan fingerprint density at radius 3 is 2.91 bits per heavy atom. The van der Waals surface area contributed by atoms with Crippen molar-refractivity contribution in [2.24, 2.45) is 11.8 Å². The minimum absolute atomic E-state index is 0.270. The molecule has 1 heterocycles. The Bertz CT molecular complexity index is 660. The number of nitrogens with zero attached hydrogens (tertiary/aromatic N) is 1. The Kier molecular flexibility index (Phi) is 4.32. The van der Waals surface area contributed by atoms with Gasteiger partial charge in [-0.3, -0.25) is 0 Å². The van der Waals surface area contributed by atoms with E-state index in [4.69, 9.17) is 4.74 Å². The average molecular weight is 313 g/mol. The highest BCUT2D eigenvalue weighted by atomic mass is 16.5. The number of likely N-dealkylation sites (tertiary alicyclic amines) is 1. The fourth-order valence-electron chi connectivity index (χ4n) is 3.76. The molecule has 3 atom stereocenters. The van der Waals surface area contributed by atoms with E-state index >= 15 is 0 Å². The van der Waals surface area contributed by atoms with Gasteiger partial charge in [-0.2, -0.15) is 0 Å². The molecule has 4 heteroatoms. The normalized spacial score (nSPS) is 29.4. The van der Waals surface area contributed by atoms with E-state index < -0.39 is 5.60 Å². The van der Waals surface area contributed by atoms with Crippen molar-refractivity contribution in [3.05, 3.63) is 35.4 Å². The van der Waals surface area contributed by atoms with E-state index in [-0.39, 0.29) is 6.09 Å². The Morgan fingerprint density at radius 1 is 1.39 bits per heavy atom. The first-order valence-electron chi connectivity index (χ1n) is 8.14. The zero-order valence-electron chi connectivity index (χ0n) is 13.7. The van der Waals surface area contributed by atoms with Gasteiger partial charge in [0.1, 0.15) is 5.60 Å². The van der Waals surface area contributed by atoms with Crippen molar-refractivity contribution in [1.82, 2.24) is 4.90 Å². The monoisotopic (exact) mass is 313 g/mol. The fourth-order valence-corrected chi connectivity index (χ4v) is 3.76. The summed E-state index contributed by atoms with van der Waals surface area (Å²) in [4.78, 5) is 13.4. The summed E-state index contributed by atoms with van der Waals surface area (Å²) >= 11 is 0. The molecule has 3 rings (SSSR count). The maximum atomic E-state index is 11.7. The van der Waals surface area contributed by atoms with Crippen LogP contribution in [-0.4, -0.2) is 41.9 Å². The summed E-state index contributed by atoms with van der Waals surface area (Å²) in [6.07, 6.45) is 1.93. The maximum absolute atomic E-state index is 11.7. The molecule has 1 saturated carbocycles. The number of aryl methyl sites for hydroxylation is 1. The molecule has 23 heavy (non-hydrogen) atoms. The van der Waals surface area contributed by atoms with Gasteiger partial charge in [0.2, 0.25) is 0 Å².